The minimum atomic E-state index is -4.67. The number of hydrogen-bond acceptors (Lipinski definition) is 9. The smallest absolute Gasteiger partial charge is 0.396 e. The van der Waals surface area contributed by atoms with E-state index in [1.165, 1.54) is 23.5 Å². The molecule has 0 radical (unpaired) electrons. The average molecular weight is 512 g/mol. The van der Waals surface area contributed by atoms with Gasteiger partial charge in [-0.15, -0.1) is 0 Å². The van der Waals surface area contributed by atoms with Crippen LogP contribution in [0.1, 0.15) is 31.2 Å². The summed E-state index contributed by atoms with van der Waals surface area (Å²) in [4.78, 5) is 26.9. The highest BCUT2D eigenvalue weighted by Crippen LogP contribution is 2.47. The molecule has 5 rings (SSSR count). The van der Waals surface area contributed by atoms with Crippen LogP contribution in [0.4, 0.5) is 30.4 Å². The van der Waals surface area contributed by atoms with E-state index >= 15 is 0 Å². The SMILES string of the molecule is N#CC1(C(=O)N2CCC(N(N)c3c(N)cnc4ccc(-c5cnc(N)c(C(F)(F)F)c5)nc34)CC2)CC1. The number of hydrogen-bond donors (Lipinski definition) is 3. The van der Waals surface area contributed by atoms with Gasteiger partial charge in [-0.2, -0.15) is 18.4 Å². The summed E-state index contributed by atoms with van der Waals surface area (Å²) in [5, 5.41) is 10.8. The summed E-state index contributed by atoms with van der Waals surface area (Å²) in [6.45, 7) is 0.888. The molecule has 0 spiro atoms. The standard InChI is InChI=1S/C24H24F3N9O/c25-24(26,27)15-9-13(10-33-21(15)30)17-1-2-18-19(34-17)20(16(29)11-32-18)36(31)14-3-7-35(8-4-14)22(37)23(12-28)5-6-23/h1-2,9-11,14H,3-8,29,31H2,(H2,30,33). The Bertz CT molecular complexity index is 1420. The van der Waals surface area contributed by atoms with Crippen LogP contribution in [-0.2, 0) is 11.0 Å². The molecule has 2 aliphatic rings. The molecule has 3 aromatic rings. The molecular formula is C24H24F3N9O. The zero-order valence-electron chi connectivity index (χ0n) is 19.7. The van der Waals surface area contributed by atoms with Gasteiger partial charge in [-0.1, -0.05) is 0 Å². The van der Waals surface area contributed by atoms with Crippen molar-refractivity contribution in [2.45, 2.75) is 37.9 Å². The summed E-state index contributed by atoms with van der Waals surface area (Å²) in [5.74, 6) is 5.77. The minimum absolute atomic E-state index is 0.124. The number of carbonyl (C=O) groups is 1. The molecule has 0 aromatic carbocycles. The van der Waals surface area contributed by atoms with E-state index in [-0.39, 0.29) is 28.9 Å². The van der Waals surface area contributed by atoms with Crippen LogP contribution in [0.25, 0.3) is 22.3 Å². The first-order valence-corrected chi connectivity index (χ1v) is 11.7. The summed E-state index contributed by atoms with van der Waals surface area (Å²) in [6.07, 6.45) is 0.275. The molecule has 0 bridgehead atoms. The Morgan fingerprint density at radius 1 is 1.16 bits per heavy atom. The average Bonchev–Trinajstić information content (AvgIpc) is 3.69. The molecule has 1 aliphatic carbocycles. The van der Waals surface area contributed by atoms with Crippen molar-refractivity contribution in [2.75, 3.05) is 29.6 Å². The molecule has 4 heterocycles. The summed E-state index contributed by atoms with van der Waals surface area (Å²) in [6, 6.07) is 6.01. The predicted octanol–water partition coefficient (Wildman–Crippen LogP) is 2.85. The molecule has 0 atom stereocenters. The molecule has 13 heteroatoms. The zero-order chi connectivity index (χ0) is 26.5. The number of aromatic nitrogens is 3. The molecule has 1 aliphatic heterocycles. The highest BCUT2D eigenvalue weighted by Gasteiger charge is 2.53. The van der Waals surface area contributed by atoms with E-state index in [0.717, 1.165) is 6.07 Å². The van der Waals surface area contributed by atoms with E-state index < -0.39 is 23.0 Å². The Morgan fingerprint density at radius 2 is 1.86 bits per heavy atom. The van der Waals surface area contributed by atoms with Crippen molar-refractivity contribution in [2.24, 2.45) is 11.3 Å². The van der Waals surface area contributed by atoms with Crippen LogP contribution in [0, 0.1) is 16.7 Å². The van der Waals surface area contributed by atoms with Gasteiger partial charge in [0, 0.05) is 30.9 Å². The minimum Gasteiger partial charge on any atom is -0.396 e. The van der Waals surface area contributed by atoms with Crippen molar-refractivity contribution in [3.63, 3.8) is 0 Å². The Kier molecular flexibility index (Phi) is 5.79. The van der Waals surface area contributed by atoms with E-state index in [9.17, 15) is 23.2 Å². The summed E-state index contributed by atoms with van der Waals surface area (Å²) >= 11 is 0. The van der Waals surface area contributed by atoms with Crippen LogP contribution < -0.4 is 22.3 Å². The molecule has 1 saturated heterocycles. The summed E-state index contributed by atoms with van der Waals surface area (Å²) in [7, 11) is 0. The second-order valence-electron chi connectivity index (χ2n) is 9.41. The normalized spacial score (nSPS) is 17.4. The second kappa shape index (κ2) is 8.74. The van der Waals surface area contributed by atoms with Gasteiger partial charge in [0.2, 0.25) is 5.91 Å². The third-order valence-corrected chi connectivity index (χ3v) is 7.01. The number of nitrogens with zero attached hydrogens (tertiary/aromatic N) is 6. The topological polar surface area (TPSA) is 164 Å². The van der Waals surface area contributed by atoms with Crippen molar-refractivity contribution < 1.29 is 18.0 Å². The van der Waals surface area contributed by atoms with Gasteiger partial charge in [-0.3, -0.25) is 9.78 Å². The monoisotopic (exact) mass is 511 g/mol. The van der Waals surface area contributed by atoms with Crippen LogP contribution in [0.2, 0.25) is 0 Å². The fourth-order valence-corrected chi connectivity index (χ4v) is 4.67. The number of anilines is 3. The number of likely N-dealkylation sites (tertiary alicyclic amines) is 1. The number of piperidine rings is 1. The number of halogens is 3. The van der Waals surface area contributed by atoms with Crippen molar-refractivity contribution in [3.05, 3.63) is 36.2 Å². The summed E-state index contributed by atoms with van der Waals surface area (Å²) < 4.78 is 40.1. The number of alkyl halides is 3. The van der Waals surface area contributed by atoms with Gasteiger partial charge in [-0.25, -0.2) is 15.8 Å². The first-order chi connectivity index (χ1) is 17.5. The van der Waals surface area contributed by atoms with E-state index in [4.69, 9.17) is 17.3 Å². The maximum atomic E-state index is 13.4. The maximum absolute atomic E-state index is 13.4. The van der Waals surface area contributed by atoms with E-state index in [1.54, 1.807) is 11.0 Å². The number of nitrogens with two attached hydrogens (primary N) is 3. The largest absolute Gasteiger partial charge is 0.419 e. The lowest BCUT2D eigenvalue weighted by Crippen LogP contribution is -2.51. The molecule has 3 aromatic heterocycles. The number of carbonyl (C=O) groups excluding carboxylic acids is 1. The van der Waals surface area contributed by atoms with Gasteiger partial charge in [0.1, 0.15) is 22.4 Å². The number of amides is 1. The van der Waals surface area contributed by atoms with Gasteiger partial charge in [0.05, 0.1) is 34.7 Å². The Labute approximate surface area is 209 Å². The number of fused-ring (bicyclic) bond motifs is 1. The van der Waals surface area contributed by atoms with Crippen molar-refractivity contribution in [1.29, 1.82) is 5.26 Å². The second-order valence-corrected chi connectivity index (χ2v) is 9.41. The number of hydrazine groups is 1. The molecule has 1 saturated carbocycles. The first-order valence-electron chi connectivity index (χ1n) is 11.7. The molecule has 192 valence electrons. The molecular weight excluding hydrogens is 487 g/mol. The molecule has 1 amide bonds. The number of rotatable bonds is 4. The third kappa shape index (κ3) is 4.33. The highest BCUT2D eigenvalue weighted by molar-refractivity contribution is 5.95. The van der Waals surface area contributed by atoms with E-state index in [2.05, 4.69) is 21.0 Å². The van der Waals surface area contributed by atoms with Crippen LogP contribution in [-0.4, -0.2) is 44.9 Å². The maximum Gasteiger partial charge on any atom is 0.419 e. The fraction of sp³-hybridized carbons (Fsp3) is 0.375. The van der Waals surface area contributed by atoms with Crippen LogP contribution in [0.15, 0.2) is 30.6 Å². The molecule has 37 heavy (non-hydrogen) atoms. The number of nitrogen functional groups attached to an aromatic ring is 2. The van der Waals surface area contributed by atoms with Crippen molar-refractivity contribution in [3.8, 4) is 17.3 Å². The van der Waals surface area contributed by atoms with Crippen LogP contribution >= 0.6 is 0 Å². The first kappa shape index (κ1) is 24.5. The lowest BCUT2D eigenvalue weighted by atomic mass is 10.00. The molecule has 6 N–H and O–H groups in total. The molecule has 0 unspecified atom stereocenters. The predicted molar refractivity (Wildman–Crippen MR) is 130 cm³/mol. The van der Waals surface area contributed by atoms with Gasteiger partial charge in [0.15, 0.2) is 0 Å². The Hall–Kier alpha value is -4.18. The third-order valence-electron chi connectivity index (χ3n) is 7.01. The van der Waals surface area contributed by atoms with E-state index in [0.29, 0.717) is 55.5 Å². The zero-order valence-corrected chi connectivity index (χ0v) is 19.7. The molecule has 10 nitrogen and oxygen atoms in total. The Morgan fingerprint density at radius 3 is 2.49 bits per heavy atom. The highest BCUT2D eigenvalue weighted by atomic mass is 19.4. The van der Waals surface area contributed by atoms with Gasteiger partial charge >= 0.3 is 6.18 Å². The number of nitriles is 1. The van der Waals surface area contributed by atoms with E-state index in [1.807, 2.05) is 0 Å². The lowest BCUT2D eigenvalue weighted by Gasteiger charge is -2.38. The van der Waals surface area contributed by atoms with Crippen LogP contribution in [0.3, 0.4) is 0 Å². The van der Waals surface area contributed by atoms with Gasteiger partial charge in [0.25, 0.3) is 0 Å². The lowest BCUT2D eigenvalue weighted by molar-refractivity contribution is -0.137. The van der Waals surface area contributed by atoms with Gasteiger partial charge in [-0.05, 0) is 43.9 Å². The quantitative estimate of drug-likeness (QED) is 0.353. The Balaban J connectivity index is 1.44. The van der Waals surface area contributed by atoms with Crippen LogP contribution in [0.5, 0.6) is 0 Å². The fourth-order valence-electron chi connectivity index (χ4n) is 4.67. The van der Waals surface area contributed by atoms with Gasteiger partial charge < -0.3 is 21.4 Å². The molecule has 2 fully saturated rings. The van der Waals surface area contributed by atoms with Crippen molar-refractivity contribution in [1.82, 2.24) is 19.9 Å². The number of pyridine rings is 3. The summed E-state index contributed by atoms with van der Waals surface area (Å²) in [5.41, 5.74) is 11.5. The van der Waals surface area contributed by atoms with Crippen molar-refractivity contribution >= 4 is 34.1 Å².